The summed E-state index contributed by atoms with van der Waals surface area (Å²) in [5.41, 5.74) is 6.65. The summed E-state index contributed by atoms with van der Waals surface area (Å²) >= 11 is 0. The van der Waals surface area contributed by atoms with E-state index in [0.29, 0.717) is 0 Å². The van der Waals surface area contributed by atoms with E-state index in [2.05, 4.69) is 15.2 Å². The Morgan fingerprint density at radius 2 is 2.29 bits per heavy atom. The first-order valence-corrected chi connectivity index (χ1v) is 5.04. The third kappa shape index (κ3) is 1.96. The lowest BCUT2D eigenvalue weighted by atomic mass is 10.3. The second-order valence-corrected chi connectivity index (χ2v) is 3.51. The molecular formula is C10H16N4. The Morgan fingerprint density at radius 3 is 3.14 bits per heavy atom. The molecule has 76 valence electrons. The summed E-state index contributed by atoms with van der Waals surface area (Å²) in [5.74, 6) is 0.927. The largest absolute Gasteiger partial charge is 0.396 e. The summed E-state index contributed by atoms with van der Waals surface area (Å²) < 4.78 is 0. The molecule has 0 amide bonds. The molecule has 14 heavy (non-hydrogen) atoms. The fourth-order valence-electron chi connectivity index (χ4n) is 1.73. The van der Waals surface area contributed by atoms with Crippen molar-refractivity contribution in [3.63, 3.8) is 0 Å². The van der Waals surface area contributed by atoms with Crippen LogP contribution in [0.2, 0.25) is 0 Å². The van der Waals surface area contributed by atoms with Crippen LogP contribution in [0.25, 0.3) is 0 Å². The number of hydrogen-bond acceptors (Lipinski definition) is 4. The van der Waals surface area contributed by atoms with Gasteiger partial charge in [-0.1, -0.05) is 0 Å². The number of nitrogen functional groups attached to an aromatic ring is 1. The maximum absolute atomic E-state index is 5.88. The molecule has 1 fully saturated rings. The van der Waals surface area contributed by atoms with Crippen LogP contribution >= 0.6 is 0 Å². The molecule has 0 aliphatic carbocycles. The molecule has 1 aliphatic rings. The van der Waals surface area contributed by atoms with Gasteiger partial charge in [0.25, 0.3) is 0 Å². The summed E-state index contributed by atoms with van der Waals surface area (Å²) in [6.45, 7) is 4.12. The molecule has 4 heteroatoms. The van der Waals surface area contributed by atoms with Crippen LogP contribution in [0.1, 0.15) is 6.42 Å². The van der Waals surface area contributed by atoms with E-state index >= 15 is 0 Å². The minimum absolute atomic E-state index is 0.773. The number of hydrogen-bond donors (Lipinski definition) is 2. The van der Waals surface area contributed by atoms with Crippen molar-refractivity contribution in [2.24, 2.45) is 0 Å². The van der Waals surface area contributed by atoms with Crippen LogP contribution in [0.5, 0.6) is 0 Å². The molecule has 4 nitrogen and oxygen atoms in total. The number of nitrogens with one attached hydrogen (secondary N) is 1. The first-order chi connectivity index (χ1) is 6.88. The Kier molecular flexibility index (Phi) is 2.84. The highest BCUT2D eigenvalue weighted by molar-refractivity contribution is 5.62. The Hall–Kier alpha value is -1.29. The number of aromatic nitrogens is 1. The third-order valence-corrected chi connectivity index (χ3v) is 2.46. The Bertz CT molecular complexity index is 292. The van der Waals surface area contributed by atoms with Gasteiger partial charge in [0.1, 0.15) is 0 Å². The van der Waals surface area contributed by atoms with E-state index in [1.807, 2.05) is 12.1 Å². The molecular weight excluding hydrogens is 176 g/mol. The summed E-state index contributed by atoms with van der Waals surface area (Å²) in [6, 6.07) is 3.77. The molecule has 1 aromatic rings. The van der Waals surface area contributed by atoms with E-state index in [1.54, 1.807) is 6.20 Å². The fourth-order valence-corrected chi connectivity index (χ4v) is 1.73. The van der Waals surface area contributed by atoms with E-state index in [-0.39, 0.29) is 0 Å². The van der Waals surface area contributed by atoms with Crippen LogP contribution < -0.4 is 16.0 Å². The van der Waals surface area contributed by atoms with Crippen LogP contribution in [-0.2, 0) is 0 Å². The zero-order valence-electron chi connectivity index (χ0n) is 8.24. The summed E-state index contributed by atoms with van der Waals surface area (Å²) in [7, 11) is 0. The van der Waals surface area contributed by atoms with Crippen LogP contribution in [0.15, 0.2) is 18.3 Å². The number of pyridine rings is 1. The van der Waals surface area contributed by atoms with E-state index in [4.69, 9.17) is 5.73 Å². The summed E-state index contributed by atoms with van der Waals surface area (Å²) in [6.07, 6.45) is 2.94. The lowest BCUT2D eigenvalue weighted by Gasteiger charge is -2.22. The summed E-state index contributed by atoms with van der Waals surface area (Å²) in [5, 5.41) is 3.36. The van der Waals surface area contributed by atoms with Gasteiger partial charge in [-0.3, -0.25) is 0 Å². The topological polar surface area (TPSA) is 54.2 Å². The predicted octanol–water partition coefficient (Wildman–Crippen LogP) is 0.463. The van der Waals surface area contributed by atoms with Crippen LogP contribution in [0, 0.1) is 0 Å². The third-order valence-electron chi connectivity index (χ3n) is 2.46. The van der Waals surface area contributed by atoms with Crippen molar-refractivity contribution in [1.82, 2.24) is 10.3 Å². The fraction of sp³-hybridized carbons (Fsp3) is 0.500. The first-order valence-electron chi connectivity index (χ1n) is 5.04. The highest BCUT2D eigenvalue weighted by Gasteiger charge is 2.12. The van der Waals surface area contributed by atoms with Crippen LogP contribution in [-0.4, -0.2) is 31.2 Å². The summed E-state index contributed by atoms with van der Waals surface area (Å²) in [4.78, 5) is 6.56. The second-order valence-electron chi connectivity index (χ2n) is 3.51. The lowest BCUT2D eigenvalue weighted by Crippen LogP contribution is -2.29. The number of anilines is 2. The van der Waals surface area contributed by atoms with Gasteiger partial charge in [0, 0.05) is 25.8 Å². The number of nitrogens with two attached hydrogens (primary N) is 1. The van der Waals surface area contributed by atoms with Gasteiger partial charge in [0.15, 0.2) is 5.82 Å². The molecule has 2 rings (SSSR count). The van der Waals surface area contributed by atoms with Crippen molar-refractivity contribution in [3.05, 3.63) is 18.3 Å². The molecule has 1 aliphatic heterocycles. The molecule has 2 heterocycles. The van der Waals surface area contributed by atoms with Gasteiger partial charge in [-0.2, -0.15) is 0 Å². The molecule has 0 aromatic carbocycles. The minimum atomic E-state index is 0.773. The van der Waals surface area contributed by atoms with Crippen molar-refractivity contribution in [3.8, 4) is 0 Å². The molecule has 3 N–H and O–H groups in total. The highest BCUT2D eigenvalue weighted by atomic mass is 15.2. The van der Waals surface area contributed by atoms with Gasteiger partial charge >= 0.3 is 0 Å². The van der Waals surface area contributed by atoms with Gasteiger partial charge in [0.05, 0.1) is 5.69 Å². The number of nitrogens with zero attached hydrogens (tertiary/aromatic N) is 2. The van der Waals surface area contributed by atoms with Gasteiger partial charge in [-0.05, 0) is 25.1 Å². The zero-order valence-corrected chi connectivity index (χ0v) is 8.24. The van der Waals surface area contributed by atoms with Gasteiger partial charge in [-0.25, -0.2) is 4.98 Å². The monoisotopic (exact) mass is 192 g/mol. The molecule has 1 aromatic heterocycles. The average molecular weight is 192 g/mol. The molecule has 0 unspecified atom stereocenters. The molecule has 0 spiro atoms. The van der Waals surface area contributed by atoms with Crippen molar-refractivity contribution in [1.29, 1.82) is 0 Å². The smallest absolute Gasteiger partial charge is 0.151 e. The minimum Gasteiger partial charge on any atom is -0.396 e. The van der Waals surface area contributed by atoms with E-state index in [1.165, 1.54) is 0 Å². The molecule has 0 radical (unpaired) electrons. The maximum atomic E-state index is 5.88. The highest BCUT2D eigenvalue weighted by Crippen LogP contribution is 2.19. The Morgan fingerprint density at radius 1 is 1.36 bits per heavy atom. The standard InChI is InChI=1S/C10H16N4/c11-9-3-1-5-13-10(9)14-7-2-4-12-6-8-14/h1,3,5,12H,2,4,6-8,11H2. The van der Waals surface area contributed by atoms with Crippen molar-refractivity contribution >= 4 is 11.5 Å². The van der Waals surface area contributed by atoms with Gasteiger partial charge in [-0.15, -0.1) is 0 Å². The maximum Gasteiger partial charge on any atom is 0.151 e. The average Bonchev–Trinajstić information content (AvgIpc) is 2.47. The number of rotatable bonds is 1. The van der Waals surface area contributed by atoms with Crippen molar-refractivity contribution in [2.75, 3.05) is 36.8 Å². The van der Waals surface area contributed by atoms with Crippen LogP contribution in [0.4, 0.5) is 11.5 Å². The van der Waals surface area contributed by atoms with Crippen molar-refractivity contribution < 1.29 is 0 Å². The lowest BCUT2D eigenvalue weighted by molar-refractivity contribution is 0.724. The SMILES string of the molecule is Nc1cccnc1N1CCCNCC1. The van der Waals surface area contributed by atoms with Gasteiger partial charge < -0.3 is 16.0 Å². The second kappa shape index (κ2) is 4.28. The molecule has 0 atom stereocenters. The Balaban J connectivity index is 2.16. The quantitative estimate of drug-likeness (QED) is 0.679. The zero-order chi connectivity index (χ0) is 9.80. The van der Waals surface area contributed by atoms with Crippen LogP contribution in [0.3, 0.4) is 0 Å². The van der Waals surface area contributed by atoms with E-state index < -0.39 is 0 Å². The first kappa shape index (κ1) is 9.27. The molecule has 0 bridgehead atoms. The van der Waals surface area contributed by atoms with Crippen molar-refractivity contribution in [2.45, 2.75) is 6.42 Å². The van der Waals surface area contributed by atoms with E-state index in [0.717, 1.165) is 44.1 Å². The molecule has 0 saturated carbocycles. The normalized spacial score (nSPS) is 17.9. The predicted molar refractivity (Wildman–Crippen MR) is 58.3 cm³/mol. The Labute approximate surface area is 84.1 Å². The molecule has 1 saturated heterocycles. The van der Waals surface area contributed by atoms with Gasteiger partial charge in [0.2, 0.25) is 0 Å². The van der Waals surface area contributed by atoms with E-state index in [9.17, 15) is 0 Å².